The Balaban J connectivity index is 2.55. The van der Waals surface area contributed by atoms with Crippen LogP contribution in [0, 0.1) is 29.0 Å². The molecule has 1 rings (SSSR count). The largest absolute Gasteiger partial charge is 0.312 e. The van der Waals surface area contributed by atoms with E-state index in [9.17, 15) is 4.39 Å². The quantitative estimate of drug-likeness (QED) is 0.618. The molecule has 0 amide bonds. The minimum absolute atomic E-state index is 0.316. The van der Waals surface area contributed by atoms with E-state index in [2.05, 4.69) is 17.2 Å². The van der Waals surface area contributed by atoms with Crippen molar-refractivity contribution in [1.29, 1.82) is 5.26 Å². The summed E-state index contributed by atoms with van der Waals surface area (Å²) < 4.78 is 13.0. The van der Waals surface area contributed by atoms with Crippen LogP contribution >= 0.6 is 0 Å². The lowest BCUT2D eigenvalue weighted by molar-refractivity contribution is 0.620. The predicted octanol–water partition coefficient (Wildman–Crippen LogP) is 2.20. The van der Waals surface area contributed by atoms with E-state index in [0.29, 0.717) is 17.7 Å². The van der Waals surface area contributed by atoms with Crippen molar-refractivity contribution in [2.75, 3.05) is 6.54 Å². The Morgan fingerprint density at radius 3 is 2.94 bits per heavy atom. The fourth-order valence-corrected chi connectivity index (χ4v) is 1.32. The Kier molecular flexibility index (Phi) is 5.05. The maximum atomic E-state index is 13.0. The molecule has 0 saturated carbocycles. The van der Waals surface area contributed by atoms with E-state index < -0.39 is 0 Å². The van der Waals surface area contributed by atoms with Gasteiger partial charge in [0.15, 0.2) is 0 Å². The molecule has 0 aliphatic rings. The molecule has 0 fully saturated rings. The first-order valence-corrected chi connectivity index (χ1v) is 5.06. The van der Waals surface area contributed by atoms with Crippen LogP contribution in [0.2, 0.25) is 0 Å². The molecular weight excluding hydrogens is 203 g/mol. The summed E-state index contributed by atoms with van der Waals surface area (Å²) in [6.45, 7) is 3.02. The molecule has 82 valence electrons. The van der Waals surface area contributed by atoms with Gasteiger partial charge in [-0.05, 0) is 30.7 Å². The Hall–Kier alpha value is -1.84. The average Bonchev–Trinajstić information content (AvgIpc) is 2.29. The molecular formula is C13H13FN2. The zero-order valence-electron chi connectivity index (χ0n) is 9.18. The number of hydrogen-bond donors (Lipinski definition) is 1. The lowest BCUT2D eigenvalue weighted by atomic mass is 10.1. The maximum absolute atomic E-state index is 13.0. The third-order valence-corrected chi connectivity index (χ3v) is 2.11. The maximum Gasteiger partial charge on any atom is 0.123 e. The molecule has 0 aliphatic carbocycles. The van der Waals surface area contributed by atoms with Crippen molar-refractivity contribution in [2.24, 2.45) is 0 Å². The second kappa shape index (κ2) is 6.61. The summed E-state index contributed by atoms with van der Waals surface area (Å²) in [5, 5.41) is 11.9. The second-order valence-corrected chi connectivity index (χ2v) is 3.27. The van der Waals surface area contributed by atoms with Crippen molar-refractivity contribution in [2.45, 2.75) is 19.9 Å². The highest BCUT2D eigenvalue weighted by Gasteiger charge is 2.02. The standard InChI is InChI=1S/C13H13FN2/c1-2-3-4-7-16-10-12-8-13(14)6-5-11(12)9-15/h5-6,8,16H,4,7,10H2,1H3. The zero-order valence-corrected chi connectivity index (χ0v) is 9.18. The summed E-state index contributed by atoms with van der Waals surface area (Å²) in [4.78, 5) is 0. The summed E-state index contributed by atoms with van der Waals surface area (Å²) in [6, 6.07) is 6.22. The first-order valence-electron chi connectivity index (χ1n) is 5.06. The van der Waals surface area contributed by atoms with Crippen LogP contribution in [-0.2, 0) is 6.54 Å². The molecule has 0 aliphatic heterocycles. The molecule has 0 saturated heterocycles. The van der Waals surface area contributed by atoms with Gasteiger partial charge >= 0.3 is 0 Å². The molecule has 1 aromatic carbocycles. The van der Waals surface area contributed by atoms with Gasteiger partial charge in [-0.25, -0.2) is 4.39 Å². The van der Waals surface area contributed by atoms with Crippen LogP contribution in [0.3, 0.4) is 0 Å². The molecule has 1 aromatic rings. The molecule has 0 heterocycles. The Bertz CT molecular complexity index is 449. The van der Waals surface area contributed by atoms with E-state index in [1.807, 2.05) is 6.07 Å². The molecule has 2 nitrogen and oxygen atoms in total. The van der Waals surface area contributed by atoms with E-state index in [4.69, 9.17) is 5.26 Å². The van der Waals surface area contributed by atoms with Crippen LogP contribution in [0.5, 0.6) is 0 Å². The molecule has 0 unspecified atom stereocenters. The van der Waals surface area contributed by atoms with Crippen LogP contribution in [0.1, 0.15) is 24.5 Å². The van der Waals surface area contributed by atoms with Crippen molar-refractivity contribution in [1.82, 2.24) is 5.32 Å². The number of nitrogens with one attached hydrogen (secondary N) is 1. The molecule has 0 aromatic heterocycles. The van der Waals surface area contributed by atoms with Crippen LogP contribution in [-0.4, -0.2) is 6.54 Å². The van der Waals surface area contributed by atoms with Gasteiger partial charge in [-0.3, -0.25) is 0 Å². The number of nitriles is 1. The van der Waals surface area contributed by atoms with E-state index in [0.717, 1.165) is 13.0 Å². The van der Waals surface area contributed by atoms with E-state index in [1.54, 1.807) is 6.92 Å². The highest BCUT2D eigenvalue weighted by molar-refractivity contribution is 5.37. The summed E-state index contributed by atoms with van der Waals surface area (Å²) >= 11 is 0. The van der Waals surface area contributed by atoms with Gasteiger partial charge < -0.3 is 5.32 Å². The minimum atomic E-state index is -0.316. The summed E-state index contributed by atoms with van der Waals surface area (Å²) in [5.74, 6) is 5.40. The SMILES string of the molecule is CC#CCCNCc1cc(F)ccc1C#N. The monoisotopic (exact) mass is 216 g/mol. The van der Waals surface area contributed by atoms with E-state index in [-0.39, 0.29) is 5.82 Å². The van der Waals surface area contributed by atoms with Crippen LogP contribution in [0.15, 0.2) is 18.2 Å². The summed E-state index contributed by atoms with van der Waals surface area (Å²) in [5.41, 5.74) is 1.20. The first kappa shape index (κ1) is 12.2. The lowest BCUT2D eigenvalue weighted by Gasteiger charge is -2.05. The normalized spacial score (nSPS) is 9.06. The fourth-order valence-electron chi connectivity index (χ4n) is 1.32. The summed E-state index contributed by atoms with van der Waals surface area (Å²) in [7, 11) is 0. The summed E-state index contributed by atoms with van der Waals surface area (Å²) in [6.07, 6.45) is 0.758. The van der Waals surface area contributed by atoms with Gasteiger partial charge in [0.05, 0.1) is 11.6 Å². The molecule has 0 radical (unpaired) electrons. The first-order chi connectivity index (χ1) is 7.77. The van der Waals surface area contributed by atoms with Crippen molar-refractivity contribution in [3.8, 4) is 17.9 Å². The molecule has 0 atom stereocenters. The zero-order chi connectivity index (χ0) is 11.8. The second-order valence-electron chi connectivity index (χ2n) is 3.27. The number of nitrogens with zero attached hydrogens (tertiary/aromatic N) is 1. The minimum Gasteiger partial charge on any atom is -0.312 e. The van der Waals surface area contributed by atoms with Crippen LogP contribution < -0.4 is 5.32 Å². The Labute approximate surface area is 95.1 Å². The topological polar surface area (TPSA) is 35.8 Å². The third-order valence-electron chi connectivity index (χ3n) is 2.11. The average molecular weight is 216 g/mol. The fraction of sp³-hybridized carbons (Fsp3) is 0.308. The highest BCUT2D eigenvalue weighted by Crippen LogP contribution is 2.09. The van der Waals surface area contributed by atoms with Crippen LogP contribution in [0.4, 0.5) is 4.39 Å². The van der Waals surface area contributed by atoms with Crippen molar-refractivity contribution in [3.63, 3.8) is 0 Å². The molecule has 0 spiro atoms. The van der Waals surface area contributed by atoms with Crippen molar-refractivity contribution >= 4 is 0 Å². The Morgan fingerprint density at radius 2 is 2.25 bits per heavy atom. The smallest absolute Gasteiger partial charge is 0.123 e. The number of hydrogen-bond acceptors (Lipinski definition) is 2. The van der Waals surface area contributed by atoms with E-state index in [1.165, 1.54) is 18.2 Å². The number of benzene rings is 1. The molecule has 1 N–H and O–H groups in total. The number of rotatable bonds is 4. The van der Waals surface area contributed by atoms with Gasteiger partial charge in [-0.2, -0.15) is 5.26 Å². The van der Waals surface area contributed by atoms with Crippen LogP contribution in [0.25, 0.3) is 0 Å². The van der Waals surface area contributed by atoms with Gasteiger partial charge in [-0.1, -0.05) is 0 Å². The molecule has 3 heteroatoms. The molecule has 0 bridgehead atoms. The lowest BCUT2D eigenvalue weighted by Crippen LogP contribution is -2.15. The number of halogens is 1. The van der Waals surface area contributed by atoms with Gasteiger partial charge in [0.2, 0.25) is 0 Å². The van der Waals surface area contributed by atoms with Crippen molar-refractivity contribution < 1.29 is 4.39 Å². The van der Waals surface area contributed by atoms with Crippen molar-refractivity contribution in [3.05, 3.63) is 35.1 Å². The van der Waals surface area contributed by atoms with Gasteiger partial charge in [-0.15, -0.1) is 11.8 Å². The third kappa shape index (κ3) is 3.73. The predicted molar refractivity (Wildman–Crippen MR) is 60.9 cm³/mol. The van der Waals surface area contributed by atoms with Gasteiger partial charge in [0.25, 0.3) is 0 Å². The highest BCUT2D eigenvalue weighted by atomic mass is 19.1. The van der Waals surface area contributed by atoms with Gasteiger partial charge in [0, 0.05) is 19.5 Å². The molecule has 16 heavy (non-hydrogen) atoms. The van der Waals surface area contributed by atoms with E-state index >= 15 is 0 Å². The van der Waals surface area contributed by atoms with Gasteiger partial charge in [0.1, 0.15) is 5.82 Å². The Morgan fingerprint density at radius 1 is 1.44 bits per heavy atom.